The van der Waals surface area contributed by atoms with Gasteiger partial charge in [-0.25, -0.2) is 0 Å². The van der Waals surface area contributed by atoms with Crippen molar-refractivity contribution >= 4 is 5.97 Å². The smallest absolute Gasteiger partial charge is 0.308 e. The fraction of sp³-hybridized carbons (Fsp3) is 0.462. The molecule has 0 heterocycles. The van der Waals surface area contributed by atoms with Gasteiger partial charge < -0.3 is 14.6 Å². The maximum absolute atomic E-state index is 11.4. The topological polar surface area (TPSA) is 55.8 Å². The zero-order valence-corrected chi connectivity index (χ0v) is 10.2. The third-order valence-corrected chi connectivity index (χ3v) is 2.27. The Morgan fingerprint density at radius 1 is 1.35 bits per heavy atom. The second kappa shape index (κ2) is 6.91. The maximum atomic E-state index is 11.4. The van der Waals surface area contributed by atoms with Gasteiger partial charge in [-0.3, -0.25) is 4.79 Å². The lowest BCUT2D eigenvalue weighted by molar-refractivity contribution is -0.146. The van der Waals surface area contributed by atoms with Crippen LogP contribution in [0.5, 0.6) is 5.75 Å². The first-order chi connectivity index (χ1) is 8.17. The van der Waals surface area contributed by atoms with Crippen molar-refractivity contribution in [2.75, 3.05) is 13.2 Å². The fourth-order valence-electron chi connectivity index (χ4n) is 1.57. The third kappa shape index (κ3) is 4.44. The van der Waals surface area contributed by atoms with Crippen molar-refractivity contribution in [2.45, 2.75) is 26.4 Å². The van der Waals surface area contributed by atoms with E-state index in [2.05, 4.69) is 0 Å². The highest BCUT2D eigenvalue weighted by atomic mass is 16.5. The quantitative estimate of drug-likeness (QED) is 0.773. The summed E-state index contributed by atoms with van der Waals surface area (Å²) in [6.07, 6.45) is -0.211. The zero-order chi connectivity index (χ0) is 12.7. The lowest BCUT2D eigenvalue weighted by Crippen LogP contribution is -2.13. The van der Waals surface area contributed by atoms with E-state index < -0.39 is 0 Å². The molecule has 0 saturated carbocycles. The number of hydrogen-bond donors (Lipinski definition) is 1. The van der Waals surface area contributed by atoms with Gasteiger partial charge in [0.05, 0.1) is 19.1 Å². The van der Waals surface area contributed by atoms with Crippen LogP contribution in [0.3, 0.4) is 0 Å². The molecule has 1 aromatic rings. The molecule has 0 aromatic heterocycles. The zero-order valence-electron chi connectivity index (χ0n) is 10.2. The van der Waals surface area contributed by atoms with E-state index in [4.69, 9.17) is 9.47 Å². The number of esters is 1. The number of aromatic hydroxyl groups is 1. The van der Waals surface area contributed by atoms with Crippen molar-refractivity contribution in [3.05, 3.63) is 29.8 Å². The van der Waals surface area contributed by atoms with Gasteiger partial charge in [0.25, 0.3) is 0 Å². The summed E-state index contributed by atoms with van der Waals surface area (Å²) >= 11 is 0. The first-order valence-corrected chi connectivity index (χ1v) is 5.73. The van der Waals surface area contributed by atoms with E-state index in [1.807, 2.05) is 13.0 Å². The Bertz CT molecular complexity index is 362. The number of benzene rings is 1. The summed E-state index contributed by atoms with van der Waals surface area (Å²) in [5.41, 5.74) is 0.778. The minimum atomic E-state index is -0.369. The maximum Gasteiger partial charge on any atom is 0.308 e. The molecule has 0 amide bonds. The normalized spacial score (nSPS) is 12.1. The standard InChI is InChI=1S/C13H18O4/c1-3-16-12(9-13(15)17-4-2)10-6-5-7-11(14)8-10/h5-8,12,14H,3-4,9H2,1-2H3/t12-/m1/s1. The minimum Gasteiger partial charge on any atom is -0.508 e. The van der Waals surface area contributed by atoms with Crippen molar-refractivity contribution in [3.8, 4) is 5.75 Å². The summed E-state index contributed by atoms with van der Waals surface area (Å²) in [6.45, 7) is 4.49. The van der Waals surface area contributed by atoms with Gasteiger partial charge in [0, 0.05) is 6.61 Å². The van der Waals surface area contributed by atoms with E-state index >= 15 is 0 Å². The van der Waals surface area contributed by atoms with Crippen LogP contribution in [-0.2, 0) is 14.3 Å². The lowest BCUT2D eigenvalue weighted by atomic mass is 10.1. The molecule has 0 radical (unpaired) electrons. The van der Waals surface area contributed by atoms with Gasteiger partial charge in [-0.1, -0.05) is 12.1 Å². The molecule has 17 heavy (non-hydrogen) atoms. The Hall–Kier alpha value is -1.55. The van der Waals surface area contributed by atoms with Gasteiger partial charge in [-0.2, -0.15) is 0 Å². The predicted molar refractivity (Wildman–Crippen MR) is 63.7 cm³/mol. The van der Waals surface area contributed by atoms with Gasteiger partial charge in [0.2, 0.25) is 0 Å². The molecule has 1 N–H and O–H groups in total. The summed E-state index contributed by atoms with van der Waals surface area (Å²) in [5, 5.41) is 9.40. The first kappa shape index (κ1) is 13.5. The number of carbonyl (C=O) groups is 1. The molecule has 1 rings (SSSR count). The molecule has 1 atom stereocenters. The van der Waals surface area contributed by atoms with Crippen LogP contribution in [0.1, 0.15) is 31.9 Å². The van der Waals surface area contributed by atoms with Crippen molar-refractivity contribution in [2.24, 2.45) is 0 Å². The second-order valence-corrected chi connectivity index (χ2v) is 3.55. The summed E-state index contributed by atoms with van der Waals surface area (Å²) < 4.78 is 10.4. The second-order valence-electron chi connectivity index (χ2n) is 3.55. The highest BCUT2D eigenvalue weighted by molar-refractivity contribution is 5.70. The molecule has 0 aliphatic carbocycles. The molecule has 0 spiro atoms. The molecule has 0 saturated heterocycles. The average Bonchev–Trinajstić information content (AvgIpc) is 2.29. The number of carbonyl (C=O) groups excluding carboxylic acids is 1. The molecule has 0 aliphatic rings. The van der Waals surface area contributed by atoms with Crippen LogP contribution >= 0.6 is 0 Å². The Morgan fingerprint density at radius 3 is 2.71 bits per heavy atom. The van der Waals surface area contributed by atoms with Crippen LogP contribution in [0.2, 0.25) is 0 Å². The molecule has 1 aromatic carbocycles. The molecule has 0 unspecified atom stereocenters. The van der Waals surface area contributed by atoms with E-state index in [1.54, 1.807) is 25.1 Å². The summed E-state index contributed by atoms with van der Waals surface area (Å²) in [6, 6.07) is 6.72. The van der Waals surface area contributed by atoms with E-state index in [0.717, 1.165) is 5.56 Å². The molecule has 0 fully saturated rings. The molecule has 0 aliphatic heterocycles. The van der Waals surface area contributed by atoms with Crippen molar-refractivity contribution < 1.29 is 19.4 Å². The minimum absolute atomic E-state index is 0.158. The summed E-state index contributed by atoms with van der Waals surface area (Å²) in [4.78, 5) is 11.4. The third-order valence-electron chi connectivity index (χ3n) is 2.27. The van der Waals surface area contributed by atoms with Gasteiger partial charge in [-0.15, -0.1) is 0 Å². The SMILES string of the molecule is CCOC(=O)C[C@@H](OCC)c1cccc(O)c1. The van der Waals surface area contributed by atoms with Crippen molar-refractivity contribution in [1.29, 1.82) is 0 Å². The summed E-state index contributed by atoms with van der Waals surface area (Å²) in [7, 11) is 0. The van der Waals surface area contributed by atoms with Crippen LogP contribution in [0.4, 0.5) is 0 Å². The fourth-order valence-corrected chi connectivity index (χ4v) is 1.57. The average molecular weight is 238 g/mol. The summed E-state index contributed by atoms with van der Waals surface area (Å²) in [5.74, 6) is -0.134. The van der Waals surface area contributed by atoms with Crippen LogP contribution in [0.15, 0.2) is 24.3 Å². The molecular formula is C13H18O4. The molecular weight excluding hydrogens is 220 g/mol. The monoisotopic (exact) mass is 238 g/mol. The number of phenolic OH excluding ortho intramolecular Hbond substituents is 1. The molecule has 0 bridgehead atoms. The van der Waals surface area contributed by atoms with Crippen LogP contribution in [-0.4, -0.2) is 24.3 Å². The van der Waals surface area contributed by atoms with Crippen molar-refractivity contribution in [3.63, 3.8) is 0 Å². The van der Waals surface area contributed by atoms with Gasteiger partial charge >= 0.3 is 5.97 Å². The number of hydrogen-bond acceptors (Lipinski definition) is 4. The van der Waals surface area contributed by atoms with Crippen molar-refractivity contribution in [1.82, 2.24) is 0 Å². The van der Waals surface area contributed by atoms with Crippen LogP contribution in [0.25, 0.3) is 0 Å². The highest BCUT2D eigenvalue weighted by Gasteiger charge is 2.17. The lowest BCUT2D eigenvalue weighted by Gasteiger charge is -2.16. The van der Waals surface area contributed by atoms with Gasteiger partial charge in [-0.05, 0) is 31.5 Å². The first-order valence-electron chi connectivity index (χ1n) is 5.73. The van der Waals surface area contributed by atoms with E-state index in [-0.39, 0.29) is 24.2 Å². The number of phenols is 1. The number of rotatable bonds is 6. The Kier molecular flexibility index (Phi) is 5.49. The van der Waals surface area contributed by atoms with E-state index in [1.165, 1.54) is 0 Å². The molecule has 4 nitrogen and oxygen atoms in total. The van der Waals surface area contributed by atoms with Crippen LogP contribution < -0.4 is 0 Å². The molecule has 94 valence electrons. The Labute approximate surface area is 101 Å². The Morgan fingerprint density at radius 2 is 2.12 bits per heavy atom. The van der Waals surface area contributed by atoms with Gasteiger partial charge in [0.1, 0.15) is 5.75 Å². The van der Waals surface area contributed by atoms with E-state index in [0.29, 0.717) is 13.2 Å². The molecule has 4 heteroatoms. The Balaban J connectivity index is 2.74. The predicted octanol–water partition coefficient (Wildman–Crippen LogP) is 2.42. The van der Waals surface area contributed by atoms with E-state index in [9.17, 15) is 9.90 Å². The van der Waals surface area contributed by atoms with Gasteiger partial charge in [0.15, 0.2) is 0 Å². The number of ether oxygens (including phenoxy) is 2. The largest absolute Gasteiger partial charge is 0.508 e. The van der Waals surface area contributed by atoms with Crippen LogP contribution in [0, 0.1) is 0 Å². The highest BCUT2D eigenvalue weighted by Crippen LogP contribution is 2.24.